The van der Waals surface area contributed by atoms with Crippen LogP contribution in [0.2, 0.25) is 0 Å². The molecule has 2 aromatic carbocycles. The number of alkyl halides is 3. The molecule has 4 nitrogen and oxygen atoms in total. The second kappa shape index (κ2) is 7.01. The zero-order valence-electron chi connectivity index (χ0n) is 14.5. The molecule has 3 aromatic rings. The lowest BCUT2D eigenvalue weighted by Gasteiger charge is -2.13. The summed E-state index contributed by atoms with van der Waals surface area (Å²) in [6.07, 6.45) is -2.42. The van der Waals surface area contributed by atoms with Crippen molar-refractivity contribution in [2.45, 2.75) is 24.4 Å². The molecule has 1 unspecified atom stereocenters. The number of fused-ring (bicyclic) bond motifs is 1. The number of H-pyrrole nitrogens is 1. The van der Waals surface area contributed by atoms with Crippen molar-refractivity contribution in [2.24, 2.45) is 0 Å². The van der Waals surface area contributed by atoms with Crippen molar-refractivity contribution >= 4 is 33.8 Å². The lowest BCUT2D eigenvalue weighted by molar-refractivity contribution is -0.137. The van der Waals surface area contributed by atoms with E-state index in [1.807, 2.05) is 24.3 Å². The number of aromatic amines is 1. The lowest BCUT2D eigenvalue weighted by atomic mass is 10.1. The number of rotatable bonds is 4. The zero-order valence-corrected chi connectivity index (χ0v) is 15.3. The van der Waals surface area contributed by atoms with Crippen LogP contribution in [0.5, 0.6) is 0 Å². The standard InChI is InChI=1S/C20H15F3N2O2S/c21-20(22,23)14-7-5-12(6-8-14)9-17-18(26)25(19(27)28-17)11-13-10-24-16-4-2-1-3-15(13)16/h1-8,10,17,24H,9,11H2. The van der Waals surface area contributed by atoms with Gasteiger partial charge < -0.3 is 4.98 Å². The maximum atomic E-state index is 12.7. The second-order valence-corrected chi connectivity index (χ2v) is 7.71. The molecule has 0 radical (unpaired) electrons. The molecule has 28 heavy (non-hydrogen) atoms. The number of carbonyl (C=O) groups excluding carboxylic acids is 2. The van der Waals surface area contributed by atoms with Gasteiger partial charge >= 0.3 is 6.18 Å². The van der Waals surface area contributed by atoms with Gasteiger partial charge in [0.25, 0.3) is 5.24 Å². The summed E-state index contributed by atoms with van der Waals surface area (Å²) >= 11 is 0.919. The summed E-state index contributed by atoms with van der Waals surface area (Å²) in [7, 11) is 0. The van der Waals surface area contributed by atoms with Gasteiger partial charge in [0.05, 0.1) is 17.4 Å². The topological polar surface area (TPSA) is 53.2 Å². The molecule has 0 bridgehead atoms. The number of halogens is 3. The number of nitrogens with one attached hydrogen (secondary N) is 1. The minimum absolute atomic E-state index is 0.165. The molecule has 1 aliphatic heterocycles. The molecule has 4 rings (SSSR count). The van der Waals surface area contributed by atoms with E-state index in [0.29, 0.717) is 5.56 Å². The Kier molecular flexibility index (Phi) is 4.66. The van der Waals surface area contributed by atoms with E-state index >= 15 is 0 Å². The number of carbonyl (C=O) groups is 2. The van der Waals surface area contributed by atoms with Crippen LogP contribution >= 0.6 is 11.8 Å². The van der Waals surface area contributed by atoms with Crippen LogP contribution in [0.25, 0.3) is 10.9 Å². The molecule has 144 valence electrons. The predicted molar refractivity (Wildman–Crippen MR) is 101 cm³/mol. The van der Waals surface area contributed by atoms with Gasteiger partial charge in [-0.25, -0.2) is 0 Å². The van der Waals surface area contributed by atoms with Gasteiger partial charge in [-0.1, -0.05) is 42.1 Å². The molecule has 1 aromatic heterocycles. The third-order valence-corrected chi connectivity index (χ3v) is 5.79. The fourth-order valence-electron chi connectivity index (χ4n) is 3.25. The molecule has 1 N–H and O–H groups in total. The Morgan fingerprint density at radius 1 is 1.04 bits per heavy atom. The van der Waals surface area contributed by atoms with E-state index in [-0.39, 0.29) is 24.1 Å². The highest BCUT2D eigenvalue weighted by Crippen LogP contribution is 2.33. The highest BCUT2D eigenvalue weighted by atomic mass is 32.2. The SMILES string of the molecule is O=C1SC(Cc2ccc(C(F)(F)F)cc2)C(=O)N1Cc1c[nH]c2ccccc12. The molecule has 1 fully saturated rings. The largest absolute Gasteiger partial charge is 0.416 e. The van der Waals surface area contributed by atoms with Crippen LogP contribution in [0.4, 0.5) is 18.0 Å². The van der Waals surface area contributed by atoms with Crippen LogP contribution in [0.1, 0.15) is 16.7 Å². The zero-order chi connectivity index (χ0) is 19.9. The van der Waals surface area contributed by atoms with Crippen LogP contribution in [0.3, 0.4) is 0 Å². The molecule has 2 amide bonds. The lowest BCUT2D eigenvalue weighted by Crippen LogP contribution is -2.31. The first-order valence-electron chi connectivity index (χ1n) is 8.56. The Balaban J connectivity index is 1.48. The maximum absolute atomic E-state index is 12.7. The average molecular weight is 404 g/mol. The molecule has 0 aliphatic carbocycles. The molecule has 2 heterocycles. The van der Waals surface area contributed by atoms with Crippen molar-refractivity contribution < 1.29 is 22.8 Å². The third-order valence-electron chi connectivity index (χ3n) is 4.71. The van der Waals surface area contributed by atoms with Gasteiger partial charge in [0.1, 0.15) is 0 Å². The fourth-order valence-corrected chi connectivity index (χ4v) is 4.28. The quantitative estimate of drug-likeness (QED) is 0.666. The van der Waals surface area contributed by atoms with Crippen molar-refractivity contribution in [3.05, 3.63) is 71.4 Å². The van der Waals surface area contributed by atoms with E-state index < -0.39 is 17.0 Å². The molecular formula is C20H15F3N2O2S. The number of benzene rings is 2. The van der Waals surface area contributed by atoms with Crippen molar-refractivity contribution in [1.29, 1.82) is 0 Å². The molecule has 1 atom stereocenters. The molecular weight excluding hydrogens is 389 g/mol. The smallest absolute Gasteiger partial charge is 0.361 e. The number of amides is 2. The van der Waals surface area contributed by atoms with Crippen LogP contribution in [-0.4, -0.2) is 26.3 Å². The van der Waals surface area contributed by atoms with Gasteiger partial charge in [-0.2, -0.15) is 13.2 Å². The van der Waals surface area contributed by atoms with E-state index in [4.69, 9.17) is 0 Å². The Hall–Kier alpha value is -2.74. The minimum Gasteiger partial charge on any atom is -0.361 e. The number of hydrogen-bond acceptors (Lipinski definition) is 3. The van der Waals surface area contributed by atoms with Gasteiger partial charge in [-0.3, -0.25) is 14.5 Å². The van der Waals surface area contributed by atoms with E-state index in [0.717, 1.165) is 40.4 Å². The summed E-state index contributed by atoms with van der Waals surface area (Å²) < 4.78 is 38.0. The van der Waals surface area contributed by atoms with Gasteiger partial charge in [0.15, 0.2) is 0 Å². The highest BCUT2D eigenvalue weighted by Gasteiger charge is 2.39. The monoisotopic (exact) mass is 404 g/mol. The number of aromatic nitrogens is 1. The third kappa shape index (κ3) is 3.52. The molecule has 0 spiro atoms. The van der Waals surface area contributed by atoms with Crippen molar-refractivity contribution in [3.8, 4) is 0 Å². The van der Waals surface area contributed by atoms with Crippen LogP contribution in [0.15, 0.2) is 54.7 Å². The minimum atomic E-state index is -4.40. The van der Waals surface area contributed by atoms with Gasteiger partial charge in [0, 0.05) is 17.1 Å². The van der Waals surface area contributed by atoms with Gasteiger partial charge in [-0.05, 0) is 35.7 Å². The Labute approximate surface area is 162 Å². The fraction of sp³-hybridized carbons (Fsp3) is 0.200. The van der Waals surface area contributed by atoms with Crippen LogP contribution in [0, 0.1) is 0 Å². The average Bonchev–Trinajstić information content (AvgIpc) is 3.18. The number of nitrogens with zero attached hydrogens (tertiary/aromatic N) is 1. The van der Waals surface area contributed by atoms with Gasteiger partial charge in [0.2, 0.25) is 5.91 Å². The van der Waals surface area contributed by atoms with Crippen LogP contribution < -0.4 is 0 Å². The first-order valence-corrected chi connectivity index (χ1v) is 9.44. The molecule has 1 aliphatic rings. The van der Waals surface area contributed by atoms with E-state index in [1.165, 1.54) is 17.0 Å². The summed E-state index contributed by atoms with van der Waals surface area (Å²) in [6, 6.07) is 12.3. The van der Waals surface area contributed by atoms with E-state index in [9.17, 15) is 22.8 Å². The number of thioether (sulfide) groups is 1. The molecule has 1 saturated heterocycles. The van der Waals surface area contributed by atoms with Crippen molar-refractivity contribution in [1.82, 2.24) is 9.88 Å². The number of hydrogen-bond donors (Lipinski definition) is 1. The molecule has 8 heteroatoms. The summed E-state index contributed by atoms with van der Waals surface area (Å²) in [5.41, 5.74) is 1.61. The number of para-hydroxylation sites is 1. The van der Waals surface area contributed by atoms with E-state index in [2.05, 4.69) is 4.98 Å². The Morgan fingerprint density at radius 3 is 2.46 bits per heavy atom. The highest BCUT2D eigenvalue weighted by molar-refractivity contribution is 8.15. The second-order valence-electron chi connectivity index (χ2n) is 6.56. The van der Waals surface area contributed by atoms with Crippen molar-refractivity contribution in [3.63, 3.8) is 0 Å². The summed E-state index contributed by atoms with van der Waals surface area (Å²) in [4.78, 5) is 29.4. The van der Waals surface area contributed by atoms with Crippen molar-refractivity contribution in [2.75, 3.05) is 0 Å². The Bertz CT molecular complexity index is 1040. The number of imide groups is 1. The summed E-state index contributed by atoms with van der Waals surface area (Å²) in [5, 5.41) is -0.0269. The molecule has 0 saturated carbocycles. The van der Waals surface area contributed by atoms with Gasteiger partial charge in [-0.15, -0.1) is 0 Å². The summed E-state index contributed by atoms with van der Waals surface area (Å²) in [5.74, 6) is -0.319. The van der Waals surface area contributed by atoms with Crippen LogP contribution in [-0.2, 0) is 23.9 Å². The normalized spacial score (nSPS) is 17.7. The van der Waals surface area contributed by atoms with E-state index in [1.54, 1.807) is 6.20 Å². The first kappa shape index (κ1) is 18.6. The first-order chi connectivity index (χ1) is 13.3. The predicted octanol–water partition coefficient (Wildman–Crippen LogP) is 4.99. The Morgan fingerprint density at radius 2 is 1.75 bits per heavy atom. The maximum Gasteiger partial charge on any atom is 0.416 e. The summed E-state index contributed by atoms with van der Waals surface area (Å²) in [6.45, 7) is 0.165.